The quantitative estimate of drug-likeness (QED) is 0.828. The summed E-state index contributed by atoms with van der Waals surface area (Å²) in [6.45, 7) is 8.19. The molecule has 0 amide bonds. The van der Waals surface area contributed by atoms with Gasteiger partial charge in [0, 0.05) is 12.2 Å². The van der Waals surface area contributed by atoms with E-state index in [2.05, 4.69) is 53.3 Å². The van der Waals surface area contributed by atoms with Crippen LogP contribution in [-0.4, -0.2) is 23.0 Å². The number of nitrogens with one attached hydrogen (secondary N) is 1. The molecule has 3 nitrogen and oxygen atoms in total. The Balaban J connectivity index is 2.03. The lowest BCUT2D eigenvalue weighted by atomic mass is 10.1. The number of thiazole rings is 1. The highest BCUT2D eigenvalue weighted by Gasteiger charge is 2.07. The number of hydrogen-bond donors (Lipinski definition) is 1. The van der Waals surface area contributed by atoms with Gasteiger partial charge in [0.1, 0.15) is 9.34 Å². The second-order valence-electron chi connectivity index (χ2n) is 4.53. The Kier molecular flexibility index (Phi) is 5.83. The van der Waals surface area contributed by atoms with Crippen LogP contribution in [0.25, 0.3) is 0 Å². The van der Waals surface area contributed by atoms with Crippen LogP contribution >= 0.6 is 22.9 Å². The predicted molar refractivity (Wildman–Crippen MR) is 87.5 cm³/mol. The van der Waals surface area contributed by atoms with Gasteiger partial charge in [-0.05, 0) is 24.7 Å². The van der Waals surface area contributed by atoms with E-state index in [0.29, 0.717) is 6.54 Å². The van der Waals surface area contributed by atoms with Gasteiger partial charge in [-0.3, -0.25) is 4.90 Å². The standard InChI is InChI=1S/C15H20ClN3S/c1-3-19(4-2)11-12-7-5-6-8-13(12)17-10-15-18-9-14(16)20-15/h5-9,17H,3-4,10-11H2,1-2H3. The molecule has 0 bridgehead atoms. The minimum Gasteiger partial charge on any atom is -0.378 e. The summed E-state index contributed by atoms with van der Waals surface area (Å²) in [7, 11) is 0. The van der Waals surface area contributed by atoms with E-state index in [-0.39, 0.29) is 0 Å². The van der Waals surface area contributed by atoms with Gasteiger partial charge in [-0.1, -0.05) is 43.6 Å². The first kappa shape index (κ1) is 15.3. The lowest BCUT2D eigenvalue weighted by Crippen LogP contribution is -2.22. The van der Waals surface area contributed by atoms with Gasteiger partial charge in [-0.15, -0.1) is 11.3 Å². The molecule has 0 radical (unpaired) electrons. The lowest BCUT2D eigenvalue weighted by Gasteiger charge is -2.20. The van der Waals surface area contributed by atoms with E-state index in [1.807, 2.05) is 0 Å². The third-order valence-corrected chi connectivity index (χ3v) is 4.38. The highest BCUT2D eigenvalue weighted by Crippen LogP contribution is 2.21. The maximum absolute atomic E-state index is 5.90. The third-order valence-electron chi connectivity index (χ3n) is 3.26. The van der Waals surface area contributed by atoms with Crippen molar-refractivity contribution >= 4 is 28.6 Å². The molecule has 2 rings (SSSR count). The second-order valence-corrected chi connectivity index (χ2v) is 6.28. The molecule has 2 aromatic rings. The van der Waals surface area contributed by atoms with E-state index in [4.69, 9.17) is 11.6 Å². The first-order valence-electron chi connectivity index (χ1n) is 6.87. The number of aromatic nitrogens is 1. The van der Waals surface area contributed by atoms with Gasteiger partial charge < -0.3 is 5.32 Å². The number of halogens is 1. The minimum absolute atomic E-state index is 0.715. The topological polar surface area (TPSA) is 28.2 Å². The van der Waals surface area contributed by atoms with Gasteiger partial charge in [0.25, 0.3) is 0 Å². The fraction of sp³-hybridized carbons (Fsp3) is 0.400. The Morgan fingerprint density at radius 2 is 2.00 bits per heavy atom. The molecule has 1 N–H and O–H groups in total. The Bertz CT molecular complexity index is 537. The van der Waals surface area contributed by atoms with Crippen LogP contribution in [0.3, 0.4) is 0 Å². The summed E-state index contributed by atoms with van der Waals surface area (Å²) in [6, 6.07) is 8.44. The van der Waals surface area contributed by atoms with Crippen molar-refractivity contribution in [3.63, 3.8) is 0 Å². The molecule has 0 fully saturated rings. The molecule has 0 aliphatic carbocycles. The number of rotatable bonds is 7. The zero-order chi connectivity index (χ0) is 14.4. The first-order chi connectivity index (χ1) is 9.72. The number of benzene rings is 1. The molecule has 0 aliphatic heterocycles. The van der Waals surface area contributed by atoms with Gasteiger partial charge in [0.15, 0.2) is 0 Å². The molecular formula is C15H20ClN3S. The molecule has 108 valence electrons. The van der Waals surface area contributed by atoms with Crippen molar-refractivity contribution in [3.05, 3.63) is 45.4 Å². The molecule has 5 heteroatoms. The van der Waals surface area contributed by atoms with Gasteiger partial charge in [0.05, 0.1) is 12.7 Å². The normalized spacial score (nSPS) is 11.0. The number of hydrogen-bond acceptors (Lipinski definition) is 4. The largest absolute Gasteiger partial charge is 0.378 e. The van der Waals surface area contributed by atoms with Crippen molar-refractivity contribution in [2.24, 2.45) is 0 Å². The van der Waals surface area contributed by atoms with Crippen molar-refractivity contribution in [2.45, 2.75) is 26.9 Å². The average Bonchev–Trinajstić information content (AvgIpc) is 2.89. The fourth-order valence-electron chi connectivity index (χ4n) is 2.06. The Hall–Kier alpha value is -1.10. The second kappa shape index (κ2) is 7.62. The van der Waals surface area contributed by atoms with Gasteiger partial charge >= 0.3 is 0 Å². The molecule has 1 heterocycles. The summed E-state index contributed by atoms with van der Waals surface area (Å²) < 4.78 is 0.734. The maximum atomic E-state index is 5.90. The van der Waals surface area contributed by atoms with E-state index in [9.17, 15) is 0 Å². The van der Waals surface area contributed by atoms with Crippen molar-refractivity contribution in [1.29, 1.82) is 0 Å². The molecule has 0 saturated carbocycles. The summed E-state index contributed by atoms with van der Waals surface area (Å²) in [5.74, 6) is 0. The van der Waals surface area contributed by atoms with Gasteiger partial charge in [-0.25, -0.2) is 4.98 Å². The summed E-state index contributed by atoms with van der Waals surface area (Å²) in [5, 5.41) is 4.47. The van der Waals surface area contributed by atoms with Crippen molar-refractivity contribution in [3.8, 4) is 0 Å². The molecule has 0 unspecified atom stereocenters. The number of nitrogens with zero attached hydrogens (tertiary/aromatic N) is 2. The zero-order valence-electron chi connectivity index (χ0n) is 11.9. The molecular weight excluding hydrogens is 290 g/mol. The van der Waals surface area contributed by atoms with E-state index in [0.717, 1.165) is 29.0 Å². The van der Waals surface area contributed by atoms with E-state index >= 15 is 0 Å². The average molecular weight is 310 g/mol. The molecule has 20 heavy (non-hydrogen) atoms. The molecule has 0 atom stereocenters. The Labute approximate surface area is 129 Å². The van der Waals surface area contributed by atoms with E-state index < -0.39 is 0 Å². The molecule has 1 aromatic heterocycles. The fourth-order valence-corrected chi connectivity index (χ4v) is 2.96. The van der Waals surface area contributed by atoms with Crippen LogP contribution in [0.15, 0.2) is 30.5 Å². The minimum atomic E-state index is 0.715. The Morgan fingerprint density at radius 1 is 1.25 bits per heavy atom. The van der Waals surface area contributed by atoms with Gasteiger partial charge in [-0.2, -0.15) is 0 Å². The lowest BCUT2D eigenvalue weighted by molar-refractivity contribution is 0.296. The van der Waals surface area contributed by atoms with Gasteiger partial charge in [0.2, 0.25) is 0 Å². The van der Waals surface area contributed by atoms with Crippen LogP contribution < -0.4 is 5.32 Å². The van der Waals surface area contributed by atoms with Crippen molar-refractivity contribution < 1.29 is 0 Å². The summed E-state index contributed by atoms with van der Waals surface area (Å²) in [5.41, 5.74) is 2.49. The van der Waals surface area contributed by atoms with Crippen LogP contribution in [0.2, 0.25) is 4.34 Å². The summed E-state index contributed by atoms with van der Waals surface area (Å²) in [6.07, 6.45) is 1.70. The SMILES string of the molecule is CCN(CC)Cc1ccccc1NCc1ncc(Cl)s1. The summed E-state index contributed by atoms with van der Waals surface area (Å²) in [4.78, 5) is 6.67. The van der Waals surface area contributed by atoms with Crippen LogP contribution in [0.1, 0.15) is 24.4 Å². The molecule has 0 spiro atoms. The molecule has 1 aromatic carbocycles. The zero-order valence-corrected chi connectivity index (χ0v) is 13.5. The van der Waals surface area contributed by atoms with E-state index in [1.54, 1.807) is 6.20 Å². The highest BCUT2D eigenvalue weighted by atomic mass is 35.5. The number of para-hydroxylation sites is 1. The van der Waals surface area contributed by atoms with Crippen molar-refractivity contribution in [2.75, 3.05) is 18.4 Å². The summed E-state index contributed by atoms with van der Waals surface area (Å²) >= 11 is 7.42. The molecule has 0 saturated heterocycles. The number of anilines is 1. The monoisotopic (exact) mass is 309 g/mol. The predicted octanol–water partition coefficient (Wildman–Crippen LogP) is 4.25. The Morgan fingerprint density at radius 3 is 2.65 bits per heavy atom. The van der Waals surface area contributed by atoms with Crippen LogP contribution in [0, 0.1) is 0 Å². The van der Waals surface area contributed by atoms with Crippen LogP contribution in [0.5, 0.6) is 0 Å². The van der Waals surface area contributed by atoms with E-state index in [1.165, 1.54) is 22.6 Å². The maximum Gasteiger partial charge on any atom is 0.113 e. The van der Waals surface area contributed by atoms with Crippen molar-refractivity contribution in [1.82, 2.24) is 9.88 Å². The van der Waals surface area contributed by atoms with Crippen LogP contribution in [0.4, 0.5) is 5.69 Å². The smallest absolute Gasteiger partial charge is 0.113 e. The highest BCUT2D eigenvalue weighted by molar-refractivity contribution is 7.15. The first-order valence-corrected chi connectivity index (χ1v) is 8.06. The molecule has 0 aliphatic rings. The van der Waals surface area contributed by atoms with Crippen LogP contribution in [-0.2, 0) is 13.1 Å². The third kappa shape index (κ3) is 4.20.